The van der Waals surface area contributed by atoms with Crippen LogP contribution in [0, 0.1) is 5.92 Å². The number of nitrogens with zero attached hydrogens (tertiary/aromatic N) is 4. The lowest BCUT2D eigenvalue weighted by atomic mass is 9.87. The summed E-state index contributed by atoms with van der Waals surface area (Å²) < 4.78 is 51.2. The third kappa shape index (κ3) is 5.37. The number of hydrogen-bond acceptors (Lipinski definition) is 5. The first-order valence-electron chi connectivity index (χ1n) is 9.10. The smallest absolute Gasteiger partial charge is 0.323 e. The highest BCUT2D eigenvalue weighted by Crippen LogP contribution is 2.36. The van der Waals surface area contributed by atoms with Crippen molar-refractivity contribution in [3.8, 4) is 11.4 Å². The summed E-state index contributed by atoms with van der Waals surface area (Å²) in [5, 5.41) is 21.5. The van der Waals surface area contributed by atoms with E-state index in [0.717, 1.165) is 0 Å². The number of nitrogens with one attached hydrogen (secondary N) is 1. The topological polar surface area (TPSA) is 113 Å². The zero-order chi connectivity index (χ0) is 20.4. The fourth-order valence-corrected chi connectivity index (χ4v) is 4.19. The number of aliphatic hydroxyl groups is 1. The fourth-order valence-electron chi connectivity index (χ4n) is 3.05. The van der Waals surface area contributed by atoms with Crippen molar-refractivity contribution < 1.29 is 22.6 Å². The Labute approximate surface area is 162 Å². The molecule has 1 aliphatic carbocycles. The van der Waals surface area contributed by atoms with Crippen molar-refractivity contribution >= 4 is 10.4 Å². The van der Waals surface area contributed by atoms with E-state index in [9.17, 15) is 22.6 Å². The van der Waals surface area contributed by atoms with Gasteiger partial charge in [0.15, 0.2) is 0 Å². The summed E-state index contributed by atoms with van der Waals surface area (Å²) in [5.74, 6) is -2.11. The molecule has 1 unspecified atom stereocenters. The average Bonchev–Trinajstić information content (AvgIpc) is 3.11. The molecule has 1 saturated carbocycles. The van der Waals surface area contributed by atoms with Crippen molar-refractivity contribution in [1.82, 2.24) is 24.9 Å². The molecule has 1 fully saturated rings. The lowest BCUT2D eigenvalue weighted by Crippen LogP contribution is -2.35. The molecule has 0 spiro atoms. The van der Waals surface area contributed by atoms with Crippen LogP contribution in [0.1, 0.15) is 32.6 Å². The van der Waals surface area contributed by atoms with Gasteiger partial charge in [0.25, 0.3) is 0 Å². The van der Waals surface area contributed by atoms with Gasteiger partial charge in [-0.2, -0.15) is 9.35 Å². The number of hydrogen-bond donors (Lipinski definition) is 3. The Kier molecular flexibility index (Phi) is 6.18. The lowest BCUT2D eigenvalue weighted by Gasteiger charge is -2.27. The van der Waals surface area contributed by atoms with Gasteiger partial charge in [-0.05, 0) is 59.4 Å². The molecule has 3 rings (SSSR count). The van der Waals surface area contributed by atoms with Gasteiger partial charge in [0.05, 0.1) is 19.2 Å². The molecule has 0 amide bonds. The normalized spacial score (nSPS) is 20.6. The van der Waals surface area contributed by atoms with Crippen molar-refractivity contribution in [2.24, 2.45) is 5.92 Å². The zero-order valence-electron chi connectivity index (χ0n) is 15.5. The highest BCUT2D eigenvalue weighted by molar-refractivity contribution is 7.95. The van der Waals surface area contributed by atoms with Crippen molar-refractivity contribution in [3.05, 3.63) is 24.3 Å². The highest BCUT2D eigenvalue weighted by atomic mass is 32.3. The molecule has 1 aromatic heterocycles. The molecule has 154 valence electrons. The maximum Gasteiger partial charge on any atom is 0.323 e. The van der Waals surface area contributed by atoms with Crippen LogP contribution in [0.3, 0.4) is 0 Å². The van der Waals surface area contributed by atoms with Gasteiger partial charge in [-0.25, -0.2) is 8.78 Å². The number of rotatable bonds is 7. The molecule has 2 aromatic rings. The van der Waals surface area contributed by atoms with Crippen LogP contribution in [0.4, 0.5) is 8.78 Å². The van der Waals surface area contributed by atoms with Gasteiger partial charge in [-0.3, -0.25) is 0 Å². The lowest BCUT2D eigenvalue weighted by molar-refractivity contribution is -0.0480. The van der Waals surface area contributed by atoms with Gasteiger partial charge in [0.1, 0.15) is 0 Å². The van der Waals surface area contributed by atoms with Gasteiger partial charge < -0.3 is 5.11 Å². The Morgan fingerprint density at radius 3 is 2.57 bits per heavy atom. The maximum atomic E-state index is 13.2. The summed E-state index contributed by atoms with van der Waals surface area (Å²) in [6, 6.07) is 6.18. The second kappa shape index (κ2) is 8.27. The highest BCUT2D eigenvalue weighted by Gasteiger charge is 2.35. The van der Waals surface area contributed by atoms with Crippen molar-refractivity contribution in [3.63, 3.8) is 0 Å². The minimum Gasteiger partial charge on any atom is -0.392 e. The van der Waals surface area contributed by atoms with E-state index < -0.39 is 22.4 Å². The molecule has 2 atom stereocenters. The minimum absolute atomic E-state index is 0.0138. The standard InChI is InChI=1S/C17H23F2N5O3S/c1-12(25)10-20-28(26,27)15-4-2-14(3-5-15)16-21-23-24(22-16)11-13-6-8-17(18,19)9-7-13/h2-5,12-13,25H,6-11H2,1H3,(H-,20,26,27)/p+1/t12-/m1/s1. The second-order valence-electron chi connectivity index (χ2n) is 7.21. The number of aliphatic hydroxyl groups excluding tert-OH is 1. The number of tetrazole rings is 1. The van der Waals surface area contributed by atoms with E-state index in [-0.39, 0.29) is 30.2 Å². The molecule has 0 bridgehead atoms. The summed E-state index contributed by atoms with van der Waals surface area (Å²) in [5.41, 5.74) is 0.621. The molecular formula is C17H24F2N5O3S+. The zero-order valence-corrected chi connectivity index (χ0v) is 16.3. The molecule has 3 N–H and O–H groups in total. The van der Waals surface area contributed by atoms with Gasteiger partial charge >= 0.3 is 10.4 Å². The van der Waals surface area contributed by atoms with Gasteiger partial charge in [0, 0.05) is 18.4 Å². The molecule has 11 heteroatoms. The monoisotopic (exact) mass is 416 g/mol. The second-order valence-corrected chi connectivity index (χ2v) is 9.03. The van der Waals surface area contributed by atoms with E-state index in [1.807, 2.05) is 0 Å². The molecule has 1 heterocycles. The van der Waals surface area contributed by atoms with Crippen LogP contribution in [-0.4, -0.2) is 48.4 Å². The van der Waals surface area contributed by atoms with E-state index >= 15 is 0 Å². The third-order valence-corrected chi connectivity index (χ3v) is 6.19. The Hall–Kier alpha value is -1.82. The first-order valence-corrected chi connectivity index (χ1v) is 10.6. The Balaban J connectivity index is 1.63. The van der Waals surface area contributed by atoms with E-state index in [0.29, 0.717) is 30.8 Å². The summed E-state index contributed by atoms with van der Waals surface area (Å²) in [6.07, 6.45) is -0.0953. The molecule has 1 aliphatic rings. The van der Waals surface area contributed by atoms with E-state index in [4.69, 9.17) is 0 Å². The average molecular weight is 416 g/mol. The third-order valence-electron chi connectivity index (χ3n) is 4.72. The predicted octanol–water partition coefficient (Wildman–Crippen LogP) is 2.38. The number of halogens is 2. The van der Waals surface area contributed by atoms with Crippen molar-refractivity contribution in [2.45, 2.75) is 56.1 Å². The van der Waals surface area contributed by atoms with Crippen LogP contribution in [0.15, 0.2) is 29.2 Å². The minimum atomic E-state index is -3.46. The molecule has 0 saturated heterocycles. The summed E-state index contributed by atoms with van der Waals surface area (Å²) in [4.78, 5) is 1.59. The van der Waals surface area contributed by atoms with Crippen molar-refractivity contribution in [2.75, 3.05) is 6.54 Å². The number of alkyl halides is 2. The van der Waals surface area contributed by atoms with Crippen LogP contribution < -0.4 is 4.72 Å². The first-order chi connectivity index (χ1) is 13.1. The van der Waals surface area contributed by atoms with Gasteiger partial charge in [-0.1, -0.05) is 0 Å². The van der Waals surface area contributed by atoms with E-state index in [1.54, 1.807) is 12.1 Å². The van der Waals surface area contributed by atoms with Crippen LogP contribution in [-0.2, 0) is 21.2 Å². The molecule has 1 aromatic carbocycles. The summed E-state index contributed by atoms with van der Waals surface area (Å²) >= 11 is 0. The summed E-state index contributed by atoms with van der Waals surface area (Å²) in [7, 11) is -3.46. The van der Waals surface area contributed by atoms with Gasteiger partial charge in [0.2, 0.25) is 16.6 Å². The van der Waals surface area contributed by atoms with Crippen LogP contribution >= 0.6 is 0 Å². The van der Waals surface area contributed by atoms with Gasteiger partial charge in [-0.15, -0.1) is 14.9 Å². The Morgan fingerprint density at radius 2 is 1.96 bits per heavy atom. The first kappa shape index (κ1) is 20.9. The fraction of sp³-hybridized carbons (Fsp3) is 0.588. The van der Waals surface area contributed by atoms with E-state index in [2.05, 4.69) is 20.1 Å². The summed E-state index contributed by atoms with van der Waals surface area (Å²) in [6.45, 7) is 1.94. The Bertz CT molecular complexity index is 834. The Morgan fingerprint density at radius 1 is 1.32 bits per heavy atom. The SMILES string of the molecule is C[C@@H](O)CN[S+](=O)(O)c1ccc(-c2nnn(CC3CCC(F)(F)CC3)n2)cc1. The predicted molar refractivity (Wildman–Crippen MR) is 98.8 cm³/mol. The van der Waals surface area contributed by atoms with Crippen LogP contribution in [0.2, 0.25) is 0 Å². The largest absolute Gasteiger partial charge is 0.392 e. The molecule has 8 nitrogen and oxygen atoms in total. The van der Waals surface area contributed by atoms with E-state index in [1.165, 1.54) is 23.9 Å². The van der Waals surface area contributed by atoms with Crippen molar-refractivity contribution in [1.29, 1.82) is 0 Å². The molecule has 0 radical (unpaired) electrons. The van der Waals surface area contributed by atoms with Crippen LogP contribution in [0.25, 0.3) is 11.4 Å². The molecule has 0 aliphatic heterocycles. The maximum absolute atomic E-state index is 13.2. The number of benzene rings is 1. The molecular weight excluding hydrogens is 392 g/mol. The van der Waals surface area contributed by atoms with Crippen LogP contribution in [0.5, 0.6) is 0 Å². The molecule has 28 heavy (non-hydrogen) atoms. The quantitative estimate of drug-likeness (QED) is 0.598. The number of aromatic nitrogens is 4.